The van der Waals surface area contributed by atoms with E-state index < -0.39 is 0 Å². The van der Waals surface area contributed by atoms with E-state index in [1.54, 1.807) is 0 Å². The molecule has 2 aromatic rings. The maximum atomic E-state index is 3.69. The van der Waals surface area contributed by atoms with Crippen molar-refractivity contribution < 1.29 is 0 Å². The second kappa shape index (κ2) is 5.54. The fourth-order valence-corrected chi connectivity index (χ4v) is 2.88. The normalized spacial score (nSPS) is 16.7. The van der Waals surface area contributed by atoms with Crippen molar-refractivity contribution in [3.8, 4) is 0 Å². The van der Waals surface area contributed by atoms with Crippen LogP contribution in [-0.4, -0.2) is 0 Å². The lowest BCUT2D eigenvalue weighted by Gasteiger charge is -2.20. The molecule has 20 heavy (non-hydrogen) atoms. The van der Waals surface area contributed by atoms with Crippen LogP contribution in [0, 0.1) is 6.92 Å². The molecule has 3 rings (SSSR count). The first-order chi connectivity index (χ1) is 9.78. The Kier molecular flexibility index (Phi) is 3.60. The Morgan fingerprint density at radius 1 is 1.00 bits per heavy atom. The third-order valence-corrected chi connectivity index (χ3v) is 3.92. The Balaban J connectivity index is 1.90. The number of anilines is 1. The van der Waals surface area contributed by atoms with Crippen molar-refractivity contribution in [3.05, 3.63) is 70.8 Å². The number of aryl methyl sites for hydroxylation is 1. The number of benzene rings is 2. The summed E-state index contributed by atoms with van der Waals surface area (Å²) in [5.41, 5.74) is 6.75. The molecule has 1 aliphatic rings. The predicted molar refractivity (Wildman–Crippen MR) is 86.9 cm³/mol. The third kappa shape index (κ3) is 2.49. The molecule has 0 aliphatic heterocycles. The van der Waals surface area contributed by atoms with Crippen LogP contribution in [0.2, 0.25) is 0 Å². The van der Waals surface area contributed by atoms with Gasteiger partial charge in [-0.05, 0) is 42.2 Å². The fourth-order valence-electron chi connectivity index (χ4n) is 2.88. The summed E-state index contributed by atoms with van der Waals surface area (Å²) in [6, 6.07) is 17.7. The lowest BCUT2D eigenvalue weighted by atomic mass is 10.0. The van der Waals surface area contributed by atoms with Gasteiger partial charge in [0.25, 0.3) is 0 Å². The second-order valence-corrected chi connectivity index (χ2v) is 5.54. The molecule has 0 saturated carbocycles. The van der Waals surface area contributed by atoms with E-state index in [0.29, 0.717) is 6.04 Å². The van der Waals surface area contributed by atoms with Gasteiger partial charge in [-0.3, -0.25) is 0 Å². The monoisotopic (exact) mass is 263 g/mol. The predicted octanol–water partition coefficient (Wildman–Crippen LogP) is 5.35. The fraction of sp³-hybridized carbons (Fsp3) is 0.263. The van der Waals surface area contributed by atoms with Gasteiger partial charge in [0.2, 0.25) is 0 Å². The van der Waals surface area contributed by atoms with Crippen molar-refractivity contribution >= 4 is 11.8 Å². The summed E-state index contributed by atoms with van der Waals surface area (Å²) in [7, 11) is 0. The van der Waals surface area contributed by atoms with E-state index >= 15 is 0 Å². The van der Waals surface area contributed by atoms with E-state index in [4.69, 9.17) is 0 Å². The van der Waals surface area contributed by atoms with Crippen LogP contribution in [0.5, 0.6) is 0 Å². The molecule has 0 saturated heterocycles. The van der Waals surface area contributed by atoms with E-state index in [0.717, 1.165) is 6.42 Å². The van der Waals surface area contributed by atoms with Crippen molar-refractivity contribution in [2.45, 2.75) is 32.7 Å². The number of rotatable bonds is 4. The Labute approximate surface area is 121 Å². The molecule has 0 heterocycles. The van der Waals surface area contributed by atoms with Crippen LogP contribution < -0.4 is 5.32 Å². The molecule has 0 bridgehead atoms. The Hall–Kier alpha value is -2.02. The molecule has 0 spiro atoms. The maximum absolute atomic E-state index is 3.69. The average molecular weight is 263 g/mol. The van der Waals surface area contributed by atoms with Crippen molar-refractivity contribution in [2.75, 3.05) is 5.32 Å². The van der Waals surface area contributed by atoms with Gasteiger partial charge >= 0.3 is 0 Å². The SMILES string of the molecule is CCCC1=Cc2ccccc2C1Nc1ccc(C)cc1. The van der Waals surface area contributed by atoms with Gasteiger partial charge < -0.3 is 5.32 Å². The molecule has 1 nitrogen and oxygen atoms in total. The van der Waals surface area contributed by atoms with Crippen LogP contribution in [0.15, 0.2) is 54.1 Å². The summed E-state index contributed by atoms with van der Waals surface area (Å²) in [4.78, 5) is 0. The molecule has 1 aliphatic carbocycles. The zero-order valence-corrected chi connectivity index (χ0v) is 12.2. The Morgan fingerprint density at radius 3 is 2.50 bits per heavy atom. The quantitative estimate of drug-likeness (QED) is 0.784. The summed E-state index contributed by atoms with van der Waals surface area (Å²) in [6.45, 7) is 4.36. The molecule has 1 atom stereocenters. The lowest BCUT2D eigenvalue weighted by molar-refractivity contribution is 0.813. The van der Waals surface area contributed by atoms with Gasteiger partial charge in [-0.15, -0.1) is 0 Å². The van der Waals surface area contributed by atoms with Crippen molar-refractivity contribution in [2.24, 2.45) is 0 Å². The van der Waals surface area contributed by atoms with Crippen LogP contribution in [0.3, 0.4) is 0 Å². The van der Waals surface area contributed by atoms with Gasteiger partial charge in [0.15, 0.2) is 0 Å². The second-order valence-electron chi connectivity index (χ2n) is 5.54. The first kappa shape index (κ1) is 13.0. The summed E-state index contributed by atoms with van der Waals surface area (Å²) >= 11 is 0. The minimum Gasteiger partial charge on any atom is -0.374 e. The summed E-state index contributed by atoms with van der Waals surface area (Å²) in [5.74, 6) is 0. The number of fused-ring (bicyclic) bond motifs is 1. The average Bonchev–Trinajstić information content (AvgIpc) is 2.80. The first-order valence-electron chi connectivity index (χ1n) is 7.40. The van der Waals surface area contributed by atoms with Crippen LogP contribution in [-0.2, 0) is 0 Å². The van der Waals surface area contributed by atoms with Gasteiger partial charge in [-0.1, -0.05) is 61.4 Å². The van der Waals surface area contributed by atoms with E-state index in [-0.39, 0.29) is 0 Å². The highest BCUT2D eigenvalue weighted by Gasteiger charge is 2.23. The largest absolute Gasteiger partial charge is 0.374 e. The van der Waals surface area contributed by atoms with Gasteiger partial charge in [0.1, 0.15) is 0 Å². The summed E-state index contributed by atoms with van der Waals surface area (Å²) in [5, 5.41) is 3.69. The topological polar surface area (TPSA) is 12.0 Å². The van der Waals surface area contributed by atoms with E-state index in [2.05, 4.69) is 73.8 Å². The zero-order valence-electron chi connectivity index (χ0n) is 12.2. The molecule has 102 valence electrons. The van der Waals surface area contributed by atoms with Crippen molar-refractivity contribution in [1.29, 1.82) is 0 Å². The van der Waals surface area contributed by atoms with Gasteiger partial charge in [-0.25, -0.2) is 0 Å². The number of hydrogen-bond donors (Lipinski definition) is 1. The van der Waals surface area contributed by atoms with E-state index in [1.165, 1.54) is 34.4 Å². The van der Waals surface area contributed by atoms with Crippen molar-refractivity contribution in [1.82, 2.24) is 0 Å². The maximum Gasteiger partial charge on any atom is 0.0736 e. The van der Waals surface area contributed by atoms with Crippen LogP contribution in [0.25, 0.3) is 6.08 Å². The minimum atomic E-state index is 0.328. The van der Waals surface area contributed by atoms with Gasteiger partial charge in [0, 0.05) is 5.69 Å². The lowest BCUT2D eigenvalue weighted by Crippen LogP contribution is -2.10. The Morgan fingerprint density at radius 2 is 1.75 bits per heavy atom. The molecule has 0 radical (unpaired) electrons. The van der Waals surface area contributed by atoms with Gasteiger partial charge in [-0.2, -0.15) is 0 Å². The highest BCUT2D eigenvalue weighted by Crippen LogP contribution is 2.38. The standard InChI is InChI=1S/C19H21N/c1-3-6-16-13-15-7-4-5-8-18(15)19(16)20-17-11-9-14(2)10-12-17/h4-5,7-13,19-20H,3,6H2,1-2H3. The molecular formula is C19H21N. The molecule has 0 aromatic heterocycles. The number of hydrogen-bond acceptors (Lipinski definition) is 1. The highest BCUT2D eigenvalue weighted by molar-refractivity contribution is 5.69. The van der Waals surface area contributed by atoms with Gasteiger partial charge in [0.05, 0.1) is 6.04 Å². The number of nitrogens with one attached hydrogen (secondary N) is 1. The molecule has 2 aromatic carbocycles. The zero-order chi connectivity index (χ0) is 13.9. The molecule has 0 amide bonds. The first-order valence-corrected chi connectivity index (χ1v) is 7.40. The summed E-state index contributed by atoms with van der Waals surface area (Å²) in [6.07, 6.45) is 4.69. The molecular weight excluding hydrogens is 242 g/mol. The Bertz CT molecular complexity index is 622. The van der Waals surface area contributed by atoms with Crippen LogP contribution in [0.1, 0.15) is 42.5 Å². The van der Waals surface area contributed by atoms with E-state index in [9.17, 15) is 0 Å². The van der Waals surface area contributed by atoms with Crippen molar-refractivity contribution in [3.63, 3.8) is 0 Å². The summed E-state index contributed by atoms with van der Waals surface area (Å²) < 4.78 is 0. The molecule has 1 N–H and O–H groups in total. The molecule has 1 heteroatoms. The van der Waals surface area contributed by atoms with E-state index in [1.807, 2.05) is 0 Å². The highest BCUT2D eigenvalue weighted by atomic mass is 14.9. The van der Waals surface area contributed by atoms with Crippen LogP contribution >= 0.6 is 0 Å². The minimum absolute atomic E-state index is 0.328. The third-order valence-electron chi connectivity index (χ3n) is 3.92. The molecule has 0 fully saturated rings. The molecule has 1 unspecified atom stereocenters. The van der Waals surface area contributed by atoms with Crippen LogP contribution in [0.4, 0.5) is 5.69 Å². The smallest absolute Gasteiger partial charge is 0.0736 e.